The van der Waals surface area contributed by atoms with Crippen molar-refractivity contribution in [1.82, 2.24) is 0 Å². The van der Waals surface area contributed by atoms with E-state index in [1.165, 1.54) is 23.9 Å². The summed E-state index contributed by atoms with van der Waals surface area (Å²) < 4.78 is 37.5. The summed E-state index contributed by atoms with van der Waals surface area (Å²) in [5, 5.41) is 11.9. The van der Waals surface area contributed by atoms with Crippen molar-refractivity contribution in [2.75, 3.05) is 17.7 Å². The molecular formula is C11H12F3NOS. The zero-order valence-corrected chi connectivity index (χ0v) is 9.74. The molecule has 1 aliphatic heterocycles. The number of thioether (sulfide) groups is 1. The molecule has 1 aliphatic rings. The van der Waals surface area contributed by atoms with Crippen LogP contribution in [0.3, 0.4) is 0 Å². The van der Waals surface area contributed by atoms with E-state index in [1.54, 1.807) is 0 Å². The van der Waals surface area contributed by atoms with Crippen LogP contribution in [0.25, 0.3) is 0 Å². The van der Waals surface area contributed by atoms with Crippen LogP contribution < -0.4 is 5.32 Å². The molecule has 0 saturated heterocycles. The Morgan fingerprint density at radius 1 is 1.41 bits per heavy atom. The van der Waals surface area contributed by atoms with Crippen molar-refractivity contribution in [3.05, 3.63) is 23.8 Å². The van der Waals surface area contributed by atoms with Gasteiger partial charge in [0.05, 0.1) is 5.56 Å². The largest absolute Gasteiger partial charge is 0.416 e. The first-order valence-corrected chi connectivity index (χ1v) is 6.20. The van der Waals surface area contributed by atoms with Crippen LogP contribution in [0.15, 0.2) is 23.1 Å². The van der Waals surface area contributed by atoms with E-state index < -0.39 is 11.7 Å². The molecule has 1 atom stereocenters. The number of hydrogen-bond donors (Lipinski definition) is 2. The van der Waals surface area contributed by atoms with Gasteiger partial charge < -0.3 is 10.4 Å². The van der Waals surface area contributed by atoms with Crippen molar-refractivity contribution < 1.29 is 18.3 Å². The second-order valence-corrected chi connectivity index (χ2v) is 4.94. The Hall–Kier alpha value is -0.880. The summed E-state index contributed by atoms with van der Waals surface area (Å²) in [5.74, 6) is 0.675. The molecule has 0 aromatic heterocycles. The summed E-state index contributed by atoms with van der Waals surface area (Å²) in [4.78, 5) is 0.619. The van der Waals surface area contributed by atoms with Crippen molar-refractivity contribution in [1.29, 1.82) is 0 Å². The average molecular weight is 263 g/mol. The van der Waals surface area contributed by atoms with E-state index in [9.17, 15) is 13.2 Å². The van der Waals surface area contributed by atoms with Crippen LogP contribution in [0.1, 0.15) is 12.0 Å². The Balaban J connectivity index is 2.20. The van der Waals surface area contributed by atoms with Gasteiger partial charge in [0.25, 0.3) is 0 Å². The summed E-state index contributed by atoms with van der Waals surface area (Å²) in [5.41, 5.74) is 0.0962. The molecule has 0 aliphatic carbocycles. The number of alkyl halides is 3. The van der Waals surface area contributed by atoms with Gasteiger partial charge in [0.15, 0.2) is 0 Å². The Bertz CT molecular complexity index is 408. The molecule has 1 unspecified atom stereocenters. The van der Waals surface area contributed by atoms with Crippen molar-refractivity contribution in [3.8, 4) is 0 Å². The lowest BCUT2D eigenvalue weighted by atomic mass is 10.1. The summed E-state index contributed by atoms with van der Waals surface area (Å²) >= 11 is 1.39. The molecule has 17 heavy (non-hydrogen) atoms. The number of halogens is 3. The van der Waals surface area contributed by atoms with Gasteiger partial charge in [-0.15, -0.1) is 11.8 Å². The minimum Gasteiger partial charge on any atom is -0.396 e. The molecule has 0 radical (unpaired) electrons. The van der Waals surface area contributed by atoms with E-state index >= 15 is 0 Å². The van der Waals surface area contributed by atoms with E-state index in [1.807, 2.05) is 0 Å². The van der Waals surface area contributed by atoms with E-state index in [0.29, 0.717) is 22.8 Å². The topological polar surface area (TPSA) is 32.3 Å². The average Bonchev–Trinajstić information content (AvgIpc) is 2.27. The maximum Gasteiger partial charge on any atom is 0.416 e. The first kappa shape index (κ1) is 12.6. The van der Waals surface area contributed by atoms with Gasteiger partial charge >= 0.3 is 6.18 Å². The van der Waals surface area contributed by atoms with Crippen LogP contribution in [-0.2, 0) is 6.18 Å². The molecule has 0 amide bonds. The van der Waals surface area contributed by atoms with Gasteiger partial charge in [-0.3, -0.25) is 0 Å². The van der Waals surface area contributed by atoms with Gasteiger partial charge in [-0.1, -0.05) is 0 Å². The van der Waals surface area contributed by atoms with Crippen molar-refractivity contribution in [3.63, 3.8) is 0 Å². The predicted octanol–water partition coefficient (Wildman–Crippen LogP) is 2.97. The van der Waals surface area contributed by atoms with E-state index in [2.05, 4.69) is 5.32 Å². The van der Waals surface area contributed by atoms with Crippen LogP contribution in [0.5, 0.6) is 0 Å². The summed E-state index contributed by atoms with van der Waals surface area (Å²) in [6.07, 6.45) is -3.69. The number of aliphatic hydroxyl groups is 1. The van der Waals surface area contributed by atoms with Gasteiger partial charge in [0.2, 0.25) is 0 Å². The molecule has 2 rings (SSSR count). The highest BCUT2D eigenvalue weighted by molar-refractivity contribution is 7.99. The molecule has 94 valence electrons. The number of anilines is 1. The second-order valence-electron chi connectivity index (χ2n) is 3.87. The van der Waals surface area contributed by atoms with E-state index in [0.717, 1.165) is 6.07 Å². The standard InChI is InChI=1S/C11H12F3NOS/c12-11(13,14)7-1-2-9-10(5-7)17-6-8(15-9)3-4-16/h1-2,5,8,15-16H,3-4,6H2. The third kappa shape index (κ3) is 2.87. The highest BCUT2D eigenvalue weighted by atomic mass is 32.2. The summed E-state index contributed by atoms with van der Waals surface area (Å²) in [7, 11) is 0. The SMILES string of the molecule is OCCC1CSc2cc(C(F)(F)F)ccc2N1. The van der Waals surface area contributed by atoms with Gasteiger partial charge in [-0.2, -0.15) is 13.2 Å². The van der Waals surface area contributed by atoms with Crippen LogP contribution in [0.2, 0.25) is 0 Å². The van der Waals surface area contributed by atoms with Crippen molar-refractivity contribution in [2.24, 2.45) is 0 Å². The van der Waals surface area contributed by atoms with Crippen LogP contribution >= 0.6 is 11.8 Å². The number of aliphatic hydroxyl groups excluding tert-OH is 1. The molecule has 0 fully saturated rings. The molecule has 0 saturated carbocycles. The Labute approximate surface area is 101 Å². The molecule has 1 aromatic carbocycles. The number of hydrogen-bond acceptors (Lipinski definition) is 3. The first-order valence-electron chi connectivity index (χ1n) is 5.22. The summed E-state index contributed by atoms with van der Waals surface area (Å²) in [6, 6.07) is 3.82. The number of nitrogens with one attached hydrogen (secondary N) is 1. The molecule has 1 aromatic rings. The predicted molar refractivity (Wildman–Crippen MR) is 61.3 cm³/mol. The van der Waals surface area contributed by atoms with Gasteiger partial charge in [0.1, 0.15) is 0 Å². The number of benzene rings is 1. The number of fused-ring (bicyclic) bond motifs is 1. The Morgan fingerprint density at radius 3 is 2.82 bits per heavy atom. The van der Waals surface area contributed by atoms with Crippen molar-refractivity contribution in [2.45, 2.75) is 23.5 Å². The molecule has 0 bridgehead atoms. The van der Waals surface area contributed by atoms with Crippen LogP contribution in [-0.4, -0.2) is 23.5 Å². The van der Waals surface area contributed by atoms with Crippen LogP contribution in [0.4, 0.5) is 18.9 Å². The van der Waals surface area contributed by atoms with E-state index in [-0.39, 0.29) is 12.6 Å². The summed E-state index contributed by atoms with van der Waals surface area (Å²) in [6.45, 7) is 0.0776. The lowest BCUT2D eigenvalue weighted by molar-refractivity contribution is -0.137. The minimum absolute atomic E-state index is 0.0776. The van der Waals surface area contributed by atoms with Gasteiger partial charge in [-0.05, 0) is 24.6 Å². The van der Waals surface area contributed by atoms with Crippen molar-refractivity contribution >= 4 is 17.4 Å². The highest BCUT2D eigenvalue weighted by Gasteiger charge is 2.31. The fourth-order valence-electron chi connectivity index (χ4n) is 1.70. The van der Waals surface area contributed by atoms with Gasteiger partial charge in [-0.25, -0.2) is 0 Å². The van der Waals surface area contributed by atoms with Crippen LogP contribution in [0, 0.1) is 0 Å². The fraction of sp³-hybridized carbons (Fsp3) is 0.455. The zero-order valence-electron chi connectivity index (χ0n) is 8.92. The minimum atomic E-state index is -4.29. The lowest BCUT2D eigenvalue weighted by Crippen LogP contribution is -2.27. The van der Waals surface area contributed by atoms with Gasteiger partial charge in [0, 0.05) is 29.0 Å². The first-order chi connectivity index (χ1) is 8.00. The lowest BCUT2D eigenvalue weighted by Gasteiger charge is -2.26. The normalized spacial score (nSPS) is 19.6. The smallest absolute Gasteiger partial charge is 0.396 e. The molecule has 1 heterocycles. The molecule has 6 heteroatoms. The second kappa shape index (κ2) is 4.78. The fourth-order valence-corrected chi connectivity index (χ4v) is 2.82. The quantitative estimate of drug-likeness (QED) is 0.860. The highest BCUT2D eigenvalue weighted by Crippen LogP contribution is 2.38. The molecule has 2 N–H and O–H groups in total. The third-order valence-electron chi connectivity index (χ3n) is 2.59. The molecular weight excluding hydrogens is 251 g/mol. The molecule has 0 spiro atoms. The Kier molecular flexibility index (Phi) is 3.53. The zero-order chi connectivity index (χ0) is 12.5. The maximum absolute atomic E-state index is 12.5. The molecule has 2 nitrogen and oxygen atoms in total. The Morgan fingerprint density at radius 2 is 2.18 bits per heavy atom. The maximum atomic E-state index is 12.5. The van der Waals surface area contributed by atoms with E-state index in [4.69, 9.17) is 5.11 Å². The third-order valence-corrected chi connectivity index (χ3v) is 3.80. The monoisotopic (exact) mass is 263 g/mol. The number of rotatable bonds is 2.